The summed E-state index contributed by atoms with van der Waals surface area (Å²) in [6.45, 7) is 0.379. The first kappa shape index (κ1) is 20.5. The number of hydrogen-bond donors (Lipinski definition) is 1. The SMILES string of the molecule is O=C(NCc1ccc(Cl)cc1)c1cccc(Oc2cc(-c3cccc(F)c3)ncn2)c1. The fourth-order valence-corrected chi connectivity index (χ4v) is 3.04. The lowest BCUT2D eigenvalue weighted by Gasteiger charge is -2.09. The fourth-order valence-electron chi connectivity index (χ4n) is 2.91. The van der Waals surface area contributed by atoms with Gasteiger partial charge in [-0.2, -0.15) is 0 Å². The van der Waals surface area contributed by atoms with E-state index in [0.717, 1.165) is 5.56 Å². The summed E-state index contributed by atoms with van der Waals surface area (Å²) in [5.74, 6) is 0.149. The minimum absolute atomic E-state index is 0.233. The Morgan fingerprint density at radius 3 is 2.58 bits per heavy atom. The number of nitrogens with one attached hydrogen (secondary N) is 1. The summed E-state index contributed by atoms with van der Waals surface area (Å²) >= 11 is 5.88. The van der Waals surface area contributed by atoms with Crippen LogP contribution < -0.4 is 10.1 Å². The summed E-state index contributed by atoms with van der Waals surface area (Å²) in [5.41, 5.74) is 2.53. The summed E-state index contributed by atoms with van der Waals surface area (Å²) in [6, 6.07) is 21.8. The molecule has 0 atom stereocenters. The number of amides is 1. The van der Waals surface area contributed by atoms with Gasteiger partial charge < -0.3 is 10.1 Å². The van der Waals surface area contributed by atoms with E-state index in [1.807, 2.05) is 12.1 Å². The molecule has 0 bridgehead atoms. The highest BCUT2D eigenvalue weighted by Gasteiger charge is 2.09. The molecule has 0 saturated heterocycles. The molecule has 3 aromatic carbocycles. The van der Waals surface area contributed by atoms with E-state index in [9.17, 15) is 9.18 Å². The number of ether oxygens (including phenoxy) is 1. The Balaban J connectivity index is 1.45. The fraction of sp³-hybridized carbons (Fsp3) is 0.0417. The Morgan fingerprint density at radius 2 is 1.77 bits per heavy atom. The highest BCUT2D eigenvalue weighted by atomic mass is 35.5. The van der Waals surface area contributed by atoms with Gasteiger partial charge in [0.05, 0.1) is 5.69 Å². The summed E-state index contributed by atoms with van der Waals surface area (Å²) < 4.78 is 19.3. The van der Waals surface area contributed by atoms with Crippen LogP contribution in [-0.2, 0) is 6.54 Å². The molecular formula is C24H17ClFN3O2. The van der Waals surface area contributed by atoms with Crippen LogP contribution in [0.4, 0.5) is 4.39 Å². The third kappa shape index (κ3) is 5.43. The monoisotopic (exact) mass is 433 g/mol. The van der Waals surface area contributed by atoms with Gasteiger partial charge in [0.15, 0.2) is 0 Å². The Labute approximate surface area is 183 Å². The van der Waals surface area contributed by atoms with Crippen molar-refractivity contribution in [1.82, 2.24) is 15.3 Å². The zero-order chi connectivity index (χ0) is 21.6. The van der Waals surface area contributed by atoms with E-state index in [1.165, 1.54) is 18.5 Å². The second kappa shape index (κ2) is 9.36. The minimum Gasteiger partial charge on any atom is -0.439 e. The van der Waals surface area contributed by atoms with E-state index in [4.69, 9.17) is 16.3 Å². The molecule has 0 unspecified atom stereocenters. The van der Waals surface area contributed by atoms with E-state index in [0.29, 0.717) is 34.1 Å². The standard InChI is InChI=1S/C24H17ClFN3O2/c25-19-9-7-16(8-10-19)14-27-24(30)18-4-2-6-21(12-18)31-23-13-22(28-15-29-23)17-3-1-5-20(26)11-17/h1-13,15H,14H2,(H,27,30). The third-order valence-electron chi connectivity index (χ3n) is 4.45. The molecule has 0 aliphatic carbocycles. The molecule has 0 aliphatic rings. The van der Waals surface area contributed by atoms with Gasteiger partial charge in [0.25, 0.3) is 5.91 Å². The molecule has 0 fully saturated rings. The van der Waals surface area contributed by atoms with Crippen LogP contribution in [0.2, 0.25) is 5.02 Å². The van der Waals surface area contributed by atoms with E-state index in [1.54, 1.807) is 54.6 Å². The van der Waals surface area contributed by atoms with Crippen LogP contribution >= 0.6 is 11.6 Å². The van der Waals surface area contributed by atoms with E-state index in [2.05, 4.69) is 15.3 Å². The predicted molar refractivity (Wildman–Crippen MR) is 117 cm³/mol. The first-order valence-corrected chi connectivity index (χ1v) is 9.83. The quantitative estimate of drug-likeness (QED) is 0.426. The first-order valence-electron chi connectivity index (χ1n) is 9.45. The van der Waals surface area contributed by atoms with Crippen LogP contribution in [0.25, 0.3) is 11.3 Å². The smallest absolute Gasteiger partial charge is 0.251 e. The maximum absolute atomic E-state index is 13.5. The van der Waals surface area contributed by atoms with Crippen LogP contribution in [0.3, 0.4) is 0 Å². The number of carbonyl (C=O) groups is 1. The third-order valence-corrected chi connectivity index (χ3v) is 4.70. The average Bonchev–Trinajstić information content (AvgIpc) is 2.79. The van der Waals surface area contributed by atoms with Gasteiger partial charge in [0, 0.05) is 28.8 Å². The maximum Gasteiger partial charge on any atom is 0.251 e. The van der Waals surface area contributed by atoms with E-state index < -0.39 is 0 Å². The summed E-state index contributed by atoms with van der Waals surface area (Å²) in [4.78, 5) is 20.8. The van der Waals surface area contributed by atoms with Crippen molar-refractivity contribution in [3.05, 3.63) is 107 Å². The van der Waals surface area contributed by atoms with Crippen LogP contribution in [-0.4, -0.2) is 15.9 Å². The predicted octanol–water partition coefficient (Wildman–Crippen LogP) is 5.66. The lowest BCUT2D eigenvalue weighted by molar-refractivity contribution is 0.0950. The van der Waals surface area contributed by atoms with Crippen molar-refractivity contribution in [1.29, 1.82) is 0 Å². The van der Waals surface area contributed by atoms with Gasteiger partial charge in [-0.05, 0) is 48.0 Å². The first-order chi connectivity index (χ1) is 15.1. The van der Waals surface area contributed by atoms with E-state index in [-0.39, 0.29) is 17.6 Å². The van der Waals surface area contributed by atoms with Crippen molar-refractivity contribution < 1.29 is 13.9 Å². The molecule has 1 amide bonds. The topological polar surface area (TPSA) is 64.1 Å². The Morgan fingerprint density at radius 1 is 0.968 bits per heavy atom. The average molecular weight is 434 g/mol. The Hall–Kier alpha value is -3.77. The molecule has 31 heavy (non-hydrogen) atoms. The minimum atomic E-state index is -0.351. The largest absolute Gasteiger partial charge is 0.439 e. The molecule has 4 rings (SSSR count). The number of benzene rings is 3. The van der Waals surface area contributed by atoms with Crippen molar-refractivity contribution in [2.45, 2.75) is 6.54 Å². The molecule has 1 aromatic heterocycles. The van der Waals surface area contributed by atoms with Crippen LogP contribution in [0.5, 0.6) is 11.6 Å². The molecule has 154 valence electrons. The number of carbonyl (C=O) groups excluding carboxylic acids is 1. The number of halogens is 2. The molecule has 1 heterocycles. The van der Waals surface area contributed by atoms with Crippen LogP contribution in [0.15, 0.2) is 85.2 Å². The molecule has 0 aliphatic heterocycles. The molecule has 0 radical (unpaired) electrons. The molecule has 0 saturated carbocycles. The van der Waals surface area contributed by atoms with Gasteiger partial charge in [0.1, 0.15) is 17.9 Å². The van der Waals surface area contributed by atoms with Crippen molar-refractivity contribution in [3.8, 4) is 22.9 Å². The van der Waals surface area contributed by atoms with Crippen LogP contribution in [0.1, 0.15) is 15.9 Å². The highest BCUT2D eigenvalue weighted by Crippen LogP contribution is 2.25. The molecule has 0 spiro atoms. The van der Waals surface area contributed by atoms with Gasteiger partial charge in [-0.15, -0.1) is 0 Å². The lowest BCUT2D eigenvalue weighted by atomic mass is 10.1. The number of nitrogens with zero attached hydrogens (tertiary/aromatic N) is 2. The lowest BCUT2D eigenvalue weighted by Crippen LogP contribution is -2.22. The van der Waals surface area contributed by atoms with Crippen molar-refractivity contribution in [2.24, 2.45) is 0 Å². The van der Waals surface area contributed by atoms with E-state index >= 15 is 0 Å². The zero-order valence-corrected chi connectivity index (χ0v) is 17.0. The van der Waals surface area contributed by atoms with Gasteiger partial charge in [-0.25, -0.2) is 14.4 Å². The van der Waals surface area contributed by atoms with Gasteiger partial charge >= 0.3 is 0 Å². The second-order valence-electron chi connectivity index (χ2n) is 6.69. The summed E-state index contributed by atoms with van der Waals surface area (Å²) in [7, 11) is 0. The molecule has 4 aromatic rings. The zero-order valence-electron chi connectivity index (χ0n) is 16.3. The molecule has 7 heteroatoms. The van der Waals surface area contributed by atoms with Crippen molar-refractivity contribution in [2.75, 3.05) is 0 Å². The summed E-state index contributed by atoms with van der Waals surface area (Å²) in [6.07, 6.45) is 1.35. The maximum atomic E-state index is 13.5. The van der Waals surface area contributed by atoms with Gasteiger partial charge in [-0.3, -0.25) is 4.79 Å². The van der Waals surface area contributed by atoms with Crippen molar-refractivity contribution in [3.63, 3.8) is 0 Å². The Bertz CT molecular complexity index is 1220. The van der Waals surface area contributed by atoms with Crippen LogP contribution in [0, 0.1) is 5.82 Å². The van der Waals surface area contributed by atoms with Gasteiger partial charge in [0.2, 0.25) is 5.88 Å². The number of aromatic nitrogens is 2. The second-order valence-corrected chi connectivity index (χ2v) is 7.13. The molecular weight excluding hydrogens is 417 g/mol. The number of hydrogen-bond acceptors (Lipinski definition) is 4. The number of rotatable bonds is 6. The molecule has 1 N–H and O–H groups in total. The summed E-state index contributed by atoms with van der Waals surface area (Å²) in [5, 5.41) is 3.51. The highest BCUT2D eigenvalue weighted by molar-refractivity contribution is 6.30. The normalized spacial score (nSPS) is 10.5. The van der Waals surface area contributed by atoms with Gasteiger partial charge in [-0.1, -0.05) is 41.9 Å². The van der Waals surface area contributed by atoms with Crippen molar-refractivity contribution >= 4 is 17.5 Å². The molecule has 5 nitrogen and oxygen atoms in total. The Kier molecular flexibility index (Phi) is 6.19.